The van der Waals surface area contributed by atoms with Crippen LogP contribution in [-0.2, 0) is 11.2 Å². The minimum Gasteiger partial charge on any atom is -0.384 e. The Bertz CT molecular complexity index is 511. The van der Waals surface area contributed by atoms with E-state index in [0.717, 1.165) is 16.8 Å². The van der Waals surface area contributed by atoms with E-state index < -0.39 is 0 Å². The first-order valence-electron chi connectivity index (χ1n) is 5.22. The first kappa shape index (κ1) is 12.0. The minimum absolute atomic E-state index is 0.282. The van der Waals surface area contributed by atoms with Gasteiger partial charge in [0.1, 0.15) is 0 Å². The first-order chi connectivity index (χ1) is 8.24. The van der Waals surface area contributed by atoms with Gasteiger partial charge in [-0.25, -0.2) is 0 Å². The molecular formula is C12H13ClN2O2. The second-order valence-electron chi connectivity index (χ2n) is 3.59. The summed E-state index contributed by atoms with van der Waals surface area (Å²) < 4.78 is 10.0. The molecular weight excluding hydrogens is 240 g/mol. The molecule has 0 aliphatic rings. The van der Waals surface area contributed by atoms with E-state index in [-0.39, 0.29) is 5.88 Å². The second-order valence-corrected chi connectivity index (χ2v) is 4.00. The lowest BCUT2D eigenvalue weighted by molar-refractivity contribution is 0.200. The van der Waals surface area contributed by atoms with Gasteiger partial charge in [-0.05, 0) is 6.07 Å². The number of nitrogen functional groups attached to an aromatic ring is 1. The van der Waals surface area contributed by atoms with E-state index in [1.165, 1.54) is 0 Å². The SMILES string of the molecule is COCCc1noc(N)c1-c1ccccc1Cl. The topological polar surface area (TPSA) is 61.3 Å². The van der Waals surface area contributed by atoms with Gasteiger partial charge in [-0.1, -0.05) is 35.0 Å². The normalized spacial score (nSPS) is 10.7. The van der Waals surface area contributed by atoms with Crippen LogP contribution in [0.1, 0.15) is 5.69 Å². The smallest absolute Gasteiger partial charge is 0.230 e. The minimum atomic E-state index is 0.282. The molecule has 1 heterocycles. The van der Waals surface area contributed by atoms with E-state index >= 15 is 0 Å². The highest BCUT2D eigenvalue weighted by molar-refractivity contribution is 6.33. The van der Waals surface area contributed by atoms with Crippen molar-refractivity contribution in [3.63, 3.8) is 0 Å². The molecule has 0 saturated heterocycles. The van der Waals surface area contributed by atoms with Crippen molar-refractivity contribution in [2.75, 3.05) is 19.5 Å². The van der Waals surface area contributed by atoms with Crippen LogP contribution < -0.4 is 5.73 Å². The van der Waals surface area contributed by atoms with E-state index in [1.807, 2.05) is 24.3 Å². The number of halogens is 1. The van der Waals surface area contributed by atoms with Gasteiger partial charge in [-0.3, -0.25) is 0 Å². The summed E-state index contributed by atoms with van der Waals surface area (Å²) in [5.41, 5.74) is 8.14. The molecule has 1 aromatic heterocycles. The number of benzene rings is 1. The highest BCUT2D eigenvalue weighted by atomic mass is 35.5. The van der Waals surface area contributed by atoms with Crippen LogP contribution in [0.25, 0.3) is 11.1 Å². The van der Waals surface area contributed by atoms with Crippen molar-refractivity contribution in [2.24, 2.45) is 0 Å². The summed E-state index contributed by atoms with van der Waals surface area (Å²) in [6.45, 7) is 0.559. The predicted octanol–water partition coefficient (Wildman–Crippen LogP) is 2.77. The summed E-state index contributed by atoms with van der Waals surface area (Å²) in [5, 5.41) is 4.56. The van der Waals surface area contributed by atoms with Gasteiger partial charge in [0, 0.05) is 24.1 Å². The van der Waals surface area contributed by atoms with E-state index in [4.69, 9.17) is 26.6 Å². The Hall–Kier alpha value is -1.52. The number of methoxy groups -OCH3 is 1. The Labute approximate surface area is 104 Å². The summed E-state index contributed by atoms with van der Waals surface area (Å²) >= 11 is 6.14. The summed E-state index contributed by atoms with van der Waals surface area (Å²) in [7, 11) is 1.64. The van der Waals surface area contributed by atoms with Gasteiger partial charge >= 0.3 is 0 Å². The zero-order valence-corrected chi connectivity index (χ0v) is 10.2. The fourth-order valence-electron chi connectivity index (χ4n) is 1.66. The Morgan fingerprint density at radius 2 is 2.18 bits per heavy atom. The molecule has 0 spiro atoms. The van der Waals surface area contributed by atoms with Crippen LogP contribution in [0.15, 0.2) is 28.8 Å². The molecule has 0 aliphatic carbocycles. The molecule has 1 aromatic carbocycles. The van der Waals surface area contributed by atoms with E-state index in [0.29, 0.717) is 18.1 Å². The molecule has 2 aromatic rings. The Morgan fingerprint density at radius 3 is 2.88 bits per heavy atom. The third-order valence-electron chi connectivity index (χ3n) is 2.48. The molecule has 4 nitrogen and oxygen atoms in total. The van der Waals surface area contributed by atoms with Crippen molar-refractivity contribution < 1.29 is 9.26 Å². The second kappa shape index (κ2) is 5.21. The van der Waals surface area contributed by atoms with Gasteiger partial charge in [0.2, 0.25) is 5.88 Å². The number of hydrogen-bond donors (Lipinski definition) is 1. The summed E-state index contributed by atoms with van der Waals surface area (Å²) in [4.78, 5) is 0. The van der Waals surface area contributed by atoms with Crippen LogP contribution >= 0.6 is 11.6 Å². The van der Waals surface area contributed by atoms with Crippen molar-refractivity contribution in [1.29, 1.82) is 0 Å². The number of ether oxygens (including phenoxy) is 1. The Kier molecular flexibility index (Phi) is 3.66. The van der Waals surface area contributed by atoms with E-state index in [2.05, 4.69) is 5.16 Å². The van der Waals surface area contributed by atoms with Gasteiger partial charge in [0.05, 0.1) is 17.9 Å². The van der Waals surface area contributed by atoms with Crippen molar-refractivity contribution in [3.05, 3.63) is 35.0 Å². The maximum Gasteiger partial charge on any atom is 0.230 e. The average molecular weight is 253 g/mol. The molecule has 17 heavy (non-hydrogen) atoms. The monoisotopic (exact) mass is 252 g/mol. The standard InChI is InChI=1S/C12H13ClN2O2/c1-16-7-6-10-11(12(14)17-15-10)8-4-2-3-5-9(8)13/h2-5H,6-7,14H2,1H3. The van der Waals surface area contributed by atoms with E-state index in [9.17, 15) is 0 Å². The number of hydrogen-bond acceptors (Lipinski definition) is 4. The molecule has 0 unspecified atom stereocenters. The van der Waals surface area contributed by atoms with Gasteiger partial charge in [-0.2, -0.15) is 0 Å². The van der Waals surface area contributed by atoms with Crippen LogP contribution in [0.3, 0.4) is 0 Å². The van der Waals surface area contributed by atoms with Crippen LogP contribution in [-0.4, -0.2) is 18.9 Å². The molecule has 0 atom stereocenters. The van der Waals surface area contributed by atoms with Crippen molar-refractivity contribution >= 4 is 17.5 Å². The predicted molar refractivity (Wildman–Crippen MR) is 66.9 cm³/mol. The molecule has 90 valence electrons. The molecule has 5 heteroatoms. The fraction of sp³-hybridized carbons (Fsp3) is 0.250. The molecule has 0 radical (unpaired) electrons. The number of anilines is 1. The fourth-order valence-corrected chi connectivity index (χ4v) is 1.89. The van der Waals surface area contributed by atoms with Crippen LogP contribution in [0.5, 0.6) is 0 Å². The number of rotatable bonds is 4. The molecule has 0 bridgehead atoms. The van der Waals surface area contributed by atoms with Gasteiger partial charge < -0.3 is 15.0 Å². The third kappa shape index (κ3) is 2.43. The molecule has 0 amide bonds. The first-order valence-corrected chi connectivity index (χ1v) is 5.59. The van der Waals surface area contributed by atoms with Crippen molar-refractivity contribution in [3.8, 4) is 11.1 Å². The summed E-state index contributed by atoms with van der Waals surface area (Å²) in [6, 6.07) is 7.46. The Balaban J connectivity index is 2.44. The zero-order valence-electron chi connectivity index (χ0n) is 9.44. The van der Waals surface area contributed by atoms with Crippen molar-refractivity contribution in [2.45, 2.75) is 6.42 Å². The molecule has 2 rings (SSSR count). The average Bonchev–Trinajstić information content (AvgIpc) is 2.69. The maximum atomic E-state index is 6.14. The molecule has 0 fully saturated rings. The van der Waals surface area contributed by atoms with Crippen LogP contribution in [0.4, 0.5) is 5.88 Å². The van der Waals surface area contributed by atoms with Crippen LogP contribution in [0.2, 0.25) is 5.02 Å². The number of nitrogens with two attached hydrogens (primary N) is 1. The highest BCUT2D eigenvalue weighted by Crippen LogP contribution is 2.34. The highest BCUT2D eigenvalue weighted by Gasteiger charge is 2.17. The maximum absolute atomic E-state index is 6.14. The lowest BCUT2D eigenvalue weighted by atomic mass is 10.0. The lowest BCUT2D eigenvalue weighted by Crippen LogP contribution is -1.97. The van der Waals surface area contributed by atoms with Crippen molar-refractivity contribution in [1.82, 2.24) is 5.16 Å². The third-order valence-corrected chi connectivity index (χ3v) is 2.80. The molecule has 2 N–H and O–H groups in total. The molecule has 0 aliphatic heterocycles. The number of aromatic nitrogens is 1. The zero-order chi connectivity index (χ0) is 12.3. The Morgan fingerprint density at radius 1 is 1.41 bits per heavy atom. The van der Waals surface area contributed by atoms with Gasteiger partial charge in [-0.15, -0.1) is 0 Å². The van der Waals surface area contributed by atoms with E-state index in [1.54, 1.807) is 7.11 Å². The quantitative estimate of drug-likeness (QED) is 0.909. The van der Waals surface area contributed by atoms with Crippen LogP contribution in [0, 0.1) is 0 Å². The van der Waals surface area contributed by atoms with Gasteiger partial charge in [0.15, 0.2) is 0 Å². The summed E-state index contributed by atoms with van der Waals surface area (Å²) in [6.07, 6.45) is 0.637. The number of nitrogens with zero attached hydrogens (tertiary/aromatic N) is 1. The van der Waals surface area contributed by atoms with Gasteiger partial charge in [0.25, 0.3) is 0 Å². The summed E-state index contributed by atoms with van der Waals surface area (Å²) in [5.74, 6) is 0.282. The molecule has 0 saturated carbocycles. The largest absolute Gasteiger partial charge is 0.384 e. The lowest BCUT2D eigenvalue weighted by Gasteiger charge is -2.04.